The predicted molar refractivity (Wildman–Crippen MR) is 94.2 cm³/mol. The Morgan fingerprint density at radius 3 is 2.28 bits per heavy atom. The second-order valence-electron chi connectivity index (χ2n) is 6.65. The fraction of sp³-hybridized carbons (Fsp3) is 0.400. The molecule has 0 atom stereocenters. The third-order valence-electron chi connectivity index (χ3n) is 4.42. The van der Waals surface area contributed by atoms with Gasteiger partial charge in [-0.1, -0.05) is 44.0 Å². The molecule has 1 aromatic carbocycles. The van der Waals surface area contributed by atoms with Gasteiger partial charge < -0.3 is 0 Å². The number of unbranched alkanes of at least 4 members (excludes halogenated alkanes) is 5. The molecule has 0 aliphatic carbocycles. The highest BCUT2D eigenvalue weighted by molar-refractivity contribution is 5.56. The summed E-state index contributed by atoms with van der Waals surface area (Å²) < 4.78 is 51.5. The maximum absolute atomic E-state index is 13.2. The van der Waals surface area contributed by atoms with E-state index in [-0.39, 0.29) is 5.82 Å². The van der Waals surface area contributed by atoms with Crippen LogP contribution in [-0.4, -0.2) is 9.38 Å². The van der Waals surface area contributed by atoms with Crippen molar-refractivity contribution in [3.8, 4) is 11.3 Å². The molecule has 2 heterocycles. The molecular weight excluding hydrogens is 401 g/mol. The summed E-state index contributed by atoms with van der Waals surface area (Å²) in [6.45, 7) is 3.18. The Kier molecular flexibility index (Phi) is 8.94. The SMILES string of the molecule is CCCCCCCC[n+]1c(-c2ccc(F)cc2)cn2cccnc21.[O-][Cl+3]([O-])([O-])[O-]. The summed E-state index contributed by atoms with van der Waals surface area (Å²) in [5, 5.41) is 0. The average molecular weight is 426 g/mol. The molecule has 0 amide bonds. The number of benzene rings is 1. The summed E-state index contributed by atoms with van der Waals surface area (Å²) in [5.74, 6) is 0.730. The molecule has 0 N–H and O–H groups in total. The first-order valence-corrected chi connectivity index (χ1v) is 10.8. The van der Waals surface area contributed by atoms with Crippen LogP contribution in [-0.2, 0) is 6.54 Å². The Morgan fingerprint density at radius 1 is 1.00 bits per heavy atom. The van der Waals surface area contributed by atoms with Crippen molar-refractivity contribution in [1.29, 1.82) is 0 Å². The molecule has 2 aromatic heterocycles. The van der Waals surface area contributed by atoms with Gasteiger partial charge in [-0.2, -0.15) is 0 Å². The van der Waals surface area contributed by atoms with Crippen LogP contribution >= 0.6 is 0 Å². The van der Waals surface area contributed by atoms with Crippen LogP contribution < -0.4 is 23.2 Å². The number of nitrogens with zero attached hydrogens (tertiary/aromatic N) is 3. The van der Waals surface area contributed by atoms with Gasteiger partial charge in [-0.3, -0.25) is 0 Å². The van der Waals surface area contributed by atoms with Gasteiger partial charge in [0, 0.05) is 11.6 Å². The molecule has 0 saturated carbocycles. The molecule has 29 heavy (non-hydrogen) atoms. The smallest absolute Gasteiger partial charge is 0.225 e. The lowest BCUT2D eigenvalue weighted by Crippen LogP contribution is -2.68. The second kappa shape index (κ2) is 11.2. The van der Waals surface area contributed by atoms with Crippen molar-refractivity contribution >= 4 is 5.78 Å². The van der Waals surface area contributed by atoms with Crippen molar-refractivity contribution in [3.05, 3.63) is 54.7 Å². The highest BCUT2D eigenvalue weighted by Crippen LogP contribution is 2.18. The zero-order valence-corrected chi connectivity index (χ0v) is 17.1. The minimum absolute atomic E-state index is 0.205. The molecule has 0 fully saturated rings. The Morgan fingerprint density at radius 2 is 1.62 bits per heavy atom. The van der Waals surface area contributed by atoms with E-state index in [0.29, 0.717) is 0 Å². The Bertz CT molecular complexity index is 876. The molecular formula is C20H25ClFN3O4. The number of imidazole rings is 1. The van der Waals surface area contributed by atoms with Gasteiger partial charge in [0.1, 0.15) is 23.9 Å². The van der Waals surface area contributed by atoms with Gasteiger partial charge in [0.25, 0.3) is 0 Å². The van der Waals surface area contributed by atoms with Crippen LogP contribution in [0.4, 0.5) is 4.39 Å². The van der Waals surface area contributed by atoms with E-state index in [0.717, 1.165) is 30.0 Å². The highest BCUT2D eigenvalue weighted by Gasteiger charge is 2.18. The van der Waals surface area contributed by atoms with Gasteiger partial charge in [0.2, 0.25) is 0 Å². The van der Waals surface area contributed by atoms with Crippen LogP contribution in [0.3, 0.4) is 0 Å². The molecule has 3 aromatic rings. The first-order chi connectivity index (χ1) is 13.8. The fourth-order valence-electron chi connectivity index (χ4n) is 3.11. The van der Waals surface area contributed by atoms with E-state index in [1.165, 1.54) is 44.2 Å². The third-order valence-corrected chi connectivity index (χ3v) is 4.42. The van der Waals surface area contributed by atoms with Crippen molar-refractivity contribution in [2.24, 2.45) is 0 Å². The average Bonchev–Trinajstić information content (AvgIpc) is 3.02. The largest absolute Gasteiger partial charge is 0.403 e. The topological polar surface area (TPSA) is 113 Å². The maximum atomic E-state index is 13.2. The van der Waals surface area contributed by atoms with Gasteiger partial charge in [0.05, 0.1) is 12.7 Å². The first kappa shape index (κ1) is 23.2. The molecule has 0 spiro atoms. The van der Waals surface area contributed by atoms with Gasteiger partial charge in [-0.25, -0.2) is 32.0 Å². The van der Waals surface area contributed by atoms with E-state index in [2.05, 4.69) is 22.7 Å². The molecule has 158 valence electrons. The van der Waals surface area contributed by atoms with E-state index in [1.807, 2.05) is 35.0 Å². The van der Waals surface area contributed by atoms with Crippen molar-refractivity contribution in [1.82, 2.24) is 9.38 Å². The summed E-state index contributed by atoms with van der Waals surface area (Å²) in [7, 11) is -4.94. The van der Waals surface area contributed by atoms with E-state index < -0.39 is 10.2 Å². The molecule has 9 heteroatoms. The zero-order chi connectivity index (χ0) is 21.3. The second-order valence-corrected chi connectivity index (χ2v) is 7.40. The molecule has 3 rings (SSSR count). The molecule has 0 aliphatic rings. The van der Waals surface area contributed by atoms with Gasteiger partial charge >= 0.3 is 5.78 Å². The Hall–Kier alpha value is -2.10. The van der Waals surface area contributed by atoms with Crippen LogP contribution in [0.25, 0.3) is 17.0 Å². The Balaban J connectivity index is 0.000000537. The predicted octanol–water partition coefficient (Wildman–Crippen LogP) is 0.0324. The molecule has 0 saturated heterocycles. The summed E-state index contributed by atoms with van der Waals surface area (Å²) in [5.41, 5.74) is 2.11. The van der Waals surface area contributed by atoms with E-state index in [9.17, 15) is 4.39 Å². The summed E-state index contributed by atoms with van der Waals surface area (Å²) in [4.78, 5) is 4.53. The summed E-state index contributed by atoms with van der Waals surface area (Å²) in [6.07, 6.45) is 13.5. The fourth-order valence-corrected chi connectivity index (χ4v) is 3.11. The number of hydrogen-bond acceptors (Lipinski definition) is 5. The number of aromatic nitrogens is 3. The number of rotatable bonds is 8. The van der Waals surface area contributed by atoms with Gasteiger partial charge in [-0.15, -0.1) is 10.2 Å². The maximum Gasteiger partial charge on any atom is 0.403 e. The van der Waals surface area contributed by atoms with Crippen LogP contribution in [0, 0.1) is 16.1 Å². The molecule has 0 bridgehead atoms. The quantitative estimate of drug-likeness (QED) is 0.373. The van der Waals surface area contributed by atoms with Crippen molar-refractivity contribution in [2.75, 3.05) is 0 Å². The third kappa shape index (κ3) is 8.04. The van der Waals surface area contributed by atoms with Crippen LogP contribution in [0.15, 0.2) is 48.9 Å². The lowest BCUT2D eigenvalue weighted by Gasteiger charge is -2.17. The summed E-state index contributed by atoms with van der Waals surface area (Å²) >= 11 is 0. The van der Waals surface area contributed by atoms with Gasteiger partial charge in [0.15, 0.2) is 0 Å². The normalized spacial score (nSPS) is 11.4. The minimum atomic E-state index is -4.94. The summed E-state index contributed by atoms with van der Waals surface area (Å²) in [6, 6.07) is 8.63. The molecule has 7 nitrogen and oxygen atoms in total. The monoisotopic (exact) mass is 425 g/mol. The number of hydrogen-bond donors (Lipinski definition) is 0. The Labute approximate surface area is 171 Å². The van der Waals surface area contributed by atoms with E-state index >= 15 is 0 Å². The van der Waals surface area contributed by atoms with Crippen molar-refractivity contribution < 1.29 is 37.8 Å². The first-order valence-electron chi connectivity index (χ1n) is 9.53. The molecule has 0 aliphatic heterocycles. The van der Waals surface area contributed by atoms with Crippen molar-refractivity contribution in [3.63, 3.8) is 0 Å². The van der Waals surface area contributed by atoms with Crippen molar-refractivity contribution in [2.45, 2.75) is 52.0 Å². The molecule has 0 radical (unpaired) electrons. The van der Waals surface area contributed by atoms with Crippen LogP contribution in [0.5, 0.6) is 0 Å². The minimum Gasteiger partial charge on any atom is -0.225 e. The van der Waals surface area contributed by atoms with Crippen LogP contribution in [0.1, 0.15) is 45.4 Å². The van der Waals surface area contributed by atoms with Crippen LogP contribution in [0.2, 0.25) is 0 Å². The lowest BCUT2D eigenvalue weighted by atomic mass is 10.1. The van der Waals surface area contributed by atoms with E-state index in [1.54, 1.807) is 0 Å². The highest BCUT2D eigenvalue weighted by atomic mass is 35.7. The lowest BCUT2D eigenvalue weighted by molar-refractivity contribution is -2.00. The van der Waals surface area contributed by atoms with Gasteiger partial charge in [-0.05, 0) is 30.7 Å². The number of halogens is 2. The zero-order valence-electron chi connectivity index (χ0n) is 16.3. The number of fused-ring (bicyclic) bond motifs is 1. The number of aryl methyl sites for hydroxylation is 1. The standard InChI is InChI=1S/C20H25FN3.ClHO4/c1-2-3-4-5-6-7-15-24-19(17-9-11-18(21)12-10-17)16-23-14-8-13-22-20(23)24;2-1(3,4)5/h8-14,16H,2-7,15H2,1H3;(H,2,3,4,5)/q+1;/p-1. The van der Waals surface area contributed by atoms with E-state index in [4.69, 9.17) is 18.6 Å². The molecule has 0 unspecified atom stereocenters.